The van der Waals surface area contributed by atoms with Crippen molar-refractivity contribution in [2.24, 2.45) is 12.0 Å². The van der Waals surface area contributed by atoms with Gasteiger partial charge in [-0.15, -0.1) is 0 Å². The predicted molar refractivity (Wildman–Crippen MR) is 115 cm³/mol. The van der Waals surface area contributed by atoms with Gasteiger partial charge in [-0.05, 0) is 32.4 Å². The molecular formula is C22H22N4O3S. The Morgan fingerprint density at radius 1 is 1.27 bits per heavy atom. The van der Waals surface area contributed by atoms with Crippen molar-refractivity contribution >= 4 is 23.4 Å². The molecule has 1 aliphatic heterocycles. The lowest BCUT2D eigenvalue weighted by atomic mass is 9.96. The molecule has 0 fully saturated rings. The summed E-state index contributed by atoms with van der Waals surface area (Å²) < 4.78 is 9.15. The molecule has 1 unspecified atom stereocenters. The predicted octanol–water partition coefficient (Wildman–Crippen LogP) is 1.84. The normalized spacial score (nSPS) is 16.4. The number of carbonyl (C=O) groups excluding carboxylic acids is 1. The van der Waals surface area contributed by atoms with Gasteiger partial charge in [-0.1, -0.05) is 41.7 Å². The van der Waals surface area contributed by atoms with Crippen LogP contribution in [0.3, 0.4) is 0 Å². The summed E-state index contributed by atoms with van der Waals surface area (Å²) in [6.45, 7) is 5.70. The number of fused-ring (bicyclic) bond motifs is 1. The molecule has 7 nitrogen and oxygen atoms in total. The van der Waals surface area contributed by atoms with E-state index in [-0.39, 0.29) is 12.2 Å². The summed E-state index contributed by atoms with van der Waals surface area (Å²) in [4.78, 5) is 31.4. The van der Waals surface area contributed by atoms with Gasteiger partial charge in [0, 0.05) is 18.8 Å². The lowest BCUT2D eigenvalue weighted by molar-refractivity contribution is -0.139. The number of rotatable bonds is 4. The van der Waals surface area contributed by atoms with Crippen molar-refractivity contribution in [2.75, 3.05) is 6.61 Å². The summed E-state index contributed by atoms with van der Waals surface area (Å²) in [6.07, 6.45) is 3.70. The first-order chi connectivity index (χ1) is 14.4. The van der Waals surface area contributed by atoms with Crippen LogP contribution >= 0.6 is 11.3 Å². The lowest BCUT2D eigenvalue weighted by Gasteiger charge is -2.24. The minimum Gasteiger partial charge on any atom is -0.463 e. The van der Waals surface area contributed by atoms with E-state index in [1.807, 2.05) is 56.6 Å². The Morgan fingerprint density at radius 3 is 2.63 bits per heavy atom. The Bertz CT molecular complexity index is 1330. The maximum Gasteiger partial charge on any atom is 0.338 e. The van der Waals surface area contributed by atoms with Gasteiger partial charge in [0.25, 0.3) is 5.56 Å². The number of nitrogens with zero attached hydrogens (tertiary/aromatic N) is 4. The first-order valence-electron chi connectivity index (χ1n) is 9.65. The highest BCUT2D eigenvalue weighted by Crippen LogP contribution is 2.30. The van der Waals surface area contributed by atoms with Crippen molar-refractivity contribution in [3.05, 3.63) is 84.3 Å². The smallest absolute Gasteiger partial charge is 0.338 e. The number of hydrogen-bond acceptors (Lipinski definition) is 6. The van der Waals surface area contributed by atoms with Gasteiger partial charge in [-0.25, -0.2) is 9.79 Å². The summed E-state index contributed by atoms with van der Waals surface area (Å²) >= 11 is 1.31. The first-order valence-corrected chi connectivity index (χ1v) is 10.5. The van der Waals surface area contributed by atoms with E-state index in [1.54, 1.807) is 23.1 Å². The topological polar surface area (TPSA) is 78.5 Å². The van der Waals surface area contributed by atoms with Gasteiger partial charge < -0.3 is 4.74 Å². The summed E-state index contributed by atoms with van der Waals surface area (Å²) in [5.41, 5.74) is 3.31. The second-order valence-electron chi connectivity index (χ2n) is 7.06. The fourth-order valence-corrected chi connectivity index (χ4v) is 4.68. The molecule has 1 aliphatic rings. The number of thiazole rings is 1. The Balaban J connectivity index is 1.97. The SMILES string of the molecule is CCOC(=O)C1=C(C)N=c2s/c(=C\c3cn(C)nc3C)c(=O)n2C1c1ccccc1. The Labute approximate surface area is 177 Å². The van der Waals surface area contributed by atoms with Gasteiger partial charge >= 0.3 is 5.97 Å². The largest absolute Gasteiger partial charge is 0.463 e. The zero-order valence-electron chi connectivity index (χ0n) is 17.2. The van der Waals surface area contributed by atoms with E-state index in [2.05, 4.69) is 10.1 Å². The average molecular weight is 423 g/mol. The summed E-state index contributed by atoms with van der Waals surface area (Å²) in [5.74, 6) is -0.454. The van der Waals surface area contributed by atoms with Crippen LogP contribution in [0, 0.1) is 6.92 Å². The molecule has 1 aromatic carbocycles. The fourth-order valence-electron chi connectivity index (χ4n) is 3.64. The number of aryl methyl sites for hydroxylation is 2. The molecule has 0 amide bonds. The number of carbonyl (C=O) groups is 1. The zero-order chi connectivity index (χ0) is 21.4. The van der Waals surface area contributed by atoms with Gasteiger partial charge in [0.2, 0.25) is 0 Å². The van der Waals surface area contributed by atoms with E-state index in [9.17, 15) is 9.59 Å². The third kappa shape index (κ3) is 3.43. The van der Waals surface area contributed by atoms with Gasteiger partial charge in [-0.2, -0.15) is 5.10 Å². The molecule has 4 rings (SSSR count). The molecular weight excluding hydrogens is 400 g/mol. The molecule has 0 aliphatic carbocycles. The highest BCUT2D eigenvalue weighted by Gasteiger charge is 2.33. The third-order valence-electron chi connectivity index (χ3n) is 4.97. The van der Waals surface area contributed by atoms with Gasteiger partial charge in [0.1, 0.15) is 0 Å². The number of ether oxygens (including phenoxy) is 1. The maximum absolute atomic E-state index is 13.4. The Morgan fingerprint density at radius 2 is 2.00 bits per heavy atom. The summed E-state index contributed by atoms with van der Waals surface area (Å²) in [6, 6.07) is 8.92. The van der Waals surface area contributed by atoms with E-state index in [0.717, 1.165) is 16.8 Å². The number of aromatic nitrogens is 3. The molecule has 30 heavy (non-hydrogen) atoms. The minimum atomic E-state index is -0.585. The number of benzene rings is 1. The van der Waals surface area contributed by atoms with Crippen LogP contribution < -0.4 is 14.9 Å². The van der Waals surface area contributed by atoms with Crippen LogP contribution in [0.5, 0.6) is 0 Å². The second-order valence-corrected chi connectivity index (χ2v) is 8.07. The van der Waals surface area contributed by atoms with Crippen molar-refractivity contribution in [1.29, 1.82) is 0 Å². The van der Waals surface area contributed by atoms with E-state index < -0.39 is 12.0 Å². The summed E-state index contributed by atoms with van der Waals surface area (Å²) in [5, 5.41) is 4.34. The highest BCUT2D eigenvalue weighted by molar-refractivity contribution is 7.07. The van der Waals surface area contributed by atoms with Crippen LogP contribution in [0.25, 0.3) is 6.08 Å². The Hall–Kier alpha value is -3.26. The first kappa shape index (κ1) is 20.0. The molecule has 2 aromatic heterocycles. The van der Waals surface area contributed by atoms with Crippen molar-refractivity contribution in [2.45, 2.75) is 26.8 Å². The van der Waals surface area contributed by atoms with E-state index in [1.165, 1.54) is 11.3 Å². The minimum absolute atomic E-state index is 0.190. The number of hydrogen-bond donors (Lipinski definition) is 0. The van der Waals surface area contributed by atoms with Gasteiger partial charge in [0.15, 0.2) is 4.80 Å². The molecule has 3 heterocycles. The zero-order valence-corrected chi connectivity index (χ0v) is 18.1. The van der Waals surface area contributed by atoms with Crippen LogP contribution in [-0.4, -0.2) is 26.9 Å². The van der Waals surface area contributed by atoms with Gasteiger partial charge in [0.05, 0.1) is 34.1 Å². The van der Waals surface area contributed by atoms with Crippen LogP contribution in [-0.2, 0) is 16.6 Å². The molecule has 0 saturated heterocycles. The molecule has 1 atom stereocenters. The standard InChI is InChI=1S/C22H22N4O3S/c1-5-29-21(28)18-14(3)23-22-26(19(18)15-9-7-6-8-10-15)20(27)17(30-22)11-16-12-25(4)24-13(16)2/h6-12,19H,5H2,1-4H3/b17-11-. The van der Waals surface area contributed by atoms with E-state index in [4.69, 9.17) is 4.74 Å². The van der Waals surface area contributed by atoms with E-state index >= 15 is 0 Å². The van der Waals surface area contributed by atoms with Crippen LogP contribution in [0.4, 0.5) is 0 Å². The van der Waals surface area contributed by atoms with E-state index in [0.29, 0.717) is 20.6 Å². The number of esters is 1. The molecule has 0 spiro atoms. The molecule has 3 aromatic rings. The van der Waals surface area contributed by atoms with Crippen molar-refractivity contribution in [3.8, 4) is 0 Å². The molecule has 0 N–H and O–H groups in total. The maximum atomic E-state index is 13.4. The van der Waals surface area contributed by atoms with Crippen LogP contribution in [0.2, 0.25) is 0 Å². The average Bonchev–Trinajstić information content (AvgIpc) is 3.19. The third-order valence-corrected chi connectivity index (χ3v) is 5.95. The highest BCUT2D eigenvalue weighted by atomic mass is 32.1. The quantitative estimate of drug-likeness (QED) is 0.601. The second kappa shape index (κ2) is 7.87. The molecule has 154 valence electrons. The lowest BCUT2D eigenvalue weighted by Crippen LogP contribution is -2.39. The van der Waals surface area contributed by atoms with Crippen molar-refractivity contribution in [3.63, 3.8) is 0 Å². The monoisotopic (exact) mass is 422 g/mol. The fraction of sp³-hybridized carbons (Fsp3) is 0.273. The van der Waals surface area contributed by atoms with Gasteiger partial charge in [-0.3, -0.25) is 14.0 Å². The molecule has 0 saturated carbocycles. The molecule has 8 heteroatoms. The summed E-state index contributed by atoms with van der Waals surface area (Å²) in [7, 11) is 1.84. The van der Waals surface area contributed by atoms with Crippen molar-refractivity contribution in [1.82, 2.24) is 14.3 Å². The van der Waals surface area contributed by atoms with Crippen LogP contribution in [0.15, 0.2) is 57.6 Å². The Kier molecular flexibility index (Phi) is 5.26. The molecule has 0 bridgehead atoms. The van der Waals surface area contributed by atoms with Crippen LogP contribution in [0.1, 0.15) is 36.7 Å². The number of allylic oxidation sites excluding steroid dienone is 1. The van der Waals surface area contributed by atoms with Crippen molar-refractivity contribution < 1.29 is 9.53 Å². The molecule has 0 radical (unpaired) electrons.